The molecule has 1 heterocycles. The van der Waals surface area contributed by atoms with Gasteiger partial charge >= 0.3 is 0 Å². The van der Waals surface area contributed by atoms with Crippen molar-refractivity contribution < 1.29 is 0 Å². The van der Waals surface area contributed by atoms with E-state index in [1.165, 1.54) is 12.8 Å². The second-order valence-corrected chi connectivity index (χ2v) is 5.33. The van der Waals surface area contributed by atoms with Crippen molar-refractivity contribution in [2.75, 3.05) is 12.3 Å². The van der Waals surface area contributed by atoms with Gasteiger partial charge in [-0.15, -0.1) is 0 Å². The zero-order chi connectivity index (χ0) is 13.1. The first-order chi connectivity index (χ1) is 8.61. The second-order valence-electron chi connectivity index (χ2n) is 5.33. The average molecular weight is 250 g/mol. The van der Waals surface area contributed by atoms with Crippen LogP contribution in [0.4, 0.5) is 5.82 Å². The number of rotatable bonds is 3. The molecule has 5 nitrogen and oxygen atoms in total. The summed E-state index contributed by atoms with van der Waals surface area (Å²) in [4.78, 5) is 16.1. The maximum absolute atomic E-state index is 12.0. The third kappa shape index (κ3) is 2.72. The minimum Gasteiger partial charge on any atom is -0.383 e. The Bertz CT molecular complexity index is 461. The van der Waals surface area contributed by atoms with Gasteiger partial charge in [0.05, 0.1) is 11.9 Å². The number of nitrogen functional groups attached to an aromatic ring is 1. The van der Waals surface area contributed by atoms with Gasteiger partial charge in [-0.25, -0.2) is 4.98 Å². The summed E-state index contributed by atoms with van der Waals surface area (Å²) < 4.78 is 1.69. The molecule has 0 radical (unpaired) electrons. The van der Waals surface area contributed by atoms with E-state index in [0.29, 0.717) is 23.2 Å². The molecule has 1 aromatic rings. The molecule has 5 heteroatoms. The third-order valence-corrected chi connectivity index (χ3v) is 4.06. The Hall–Kier alpha value is -1.36. The first-order valence-corrected chi connectivity index (χ1v) is 6.63. The predicted octanol–water partition coefficient (Wildman–Crippen LogP) is 0.899. The predicted molar refractivity (Wildman–Crippen MR) is 72.1 cm³/mol. The number of hydrogen-bond acceptors (Lipinski definition) is 4. The Morgan fingerprint density at radius 1 is 1.33 bits per heavy atom. The SMILES string of the molecule is Cc1c(N)ncn(CC2CCC(CN)CC2)c1=O. The molecule has 1 aliphatic rings. The summed E-state index contributed by atoms with van der Waals surface area (Å²) in [5, 5.41) is 0. The fourth-order valence-corrected chi connectivity index (χ4v) is 2.66. The largest absolute Gasteiger partial charge is 0.383 e. The minimum absolute atomic E-state index is 0.0107. The van der Waals surface area contributed by atoms with E-state index in [0.717, 1.165) is 25.9 Å². The van der Waals surface area contributed by atoms with Crippen molar-refractivity contribution >= 4 is 5.82 Å². The summed E-state index contributed by atoms with van der Waals surface area (Å²) in [5.41, 5.74) is 11.8. The lowest BCUT2D eigenvalue weighted by atomic mass is 9.82. The standard InChI is InChI=1S/C13H22N4O/c1-9-12(15)16-8-17(13(9)18)7-11-4-2-10(6-14)3-5-11/h8,10-11H,2-7,14-15H2,1H3. The second kappa shape index (κ2) is 5.52. The maximum atomic E-state index is 12.0. The molecule has 18 heavy (non-hydrogen) atoms. The number of aromatic nitrogens is 2. The molecular weight excluding hydrogens is 228 g/mol. The molecule has 0 spiro atoms. The number of nitrogens with zero attached hydrogens (tertiary/aromatic N) is 2. The van der Waals surface area contributed by atoms with E-state index in [4.69, 9.17) is 11.5 Å². The summed E-state index contributed by atoms with van der Waals surface area (Å²) in [7, 11) is 0. The molecule has 0 unspecified atom stereocenters. The lowest BCUT2D eigenvalue weighted by Gasteiger charge is -2.27. The monoisotopic (exact) mass is 250 g/mol. The molecule has 1 fully saturated rings. The van der Waals surface area contributed by atoms with Gasteiger partial charge in [-0.05, 0) is 51.0 Å². The van der Waals surface area contributed by atoms with Crippen LogP contribution in [-0.2, 0) is 6.54 Å². The Morgan fingerprint density at radius 2 is 1.94 bits per heavy atom. The van der Waals surface area contributed by atoms with Gasteiger partial charge in [-0.2, -0.15) is 0 Å². The first kappa shape index (κ1) is 13.1. The highest BCUT2D eigenvalue weighted by Crippen LogP contribution is 2.28. The van der Waals surface area contributed by atoms with Gasteiger partial charge in [0.25, 0.3) is 5.56 Å². The van der Waals surface area contributed by atoms with Gasteiger partial charge in [0.15, 0.2) is 0 Å². The maximum Gasteiger partial charge on any atom is 0.258 e. The summed E-state index contributed by atoms with van der Waals surface area (Å²) in [5.74, 6) is 1.57. The molecule has 0 atom stereocenters. The van der Waals surface area contributed by atoms with Crippen LogP contribution in [0.3, 0.4) is 0 Å². The summed E-state index contributed by atoms with van der Waals surface area (Å²) in [6, 6.07) is 0. The van der Waals surface area contributed by atoms with E-state index in [-0.39, 0.29) is 5.56 Å². The lowest BCUT2D eigenvalue weighted by molar-refractivity contribution is 0.254. The fourth-order valence-electron chi connectivity index (χ4n) is 2.66. The van der Waals surface area contributed by atoms with Crippen LogP contribution >= 0.6 is 0 Å². The molecule has 1 aliphatic carbocycles. The minimum atomic E-state index is -0.0107. The molecule has 2 rings (SSSR count). The smallest absolute Gasteiger partial charge is 0.258 e. The van der Waals surface area contributed by atoms with Gasteiger partial charge in [0, 0.05) is 6.54 Å². The summed E-state index contributed by atoms with van der Waals surface area (Å²) in [6.45, 7) is 3.27. The Kier molecular flexibility index (Phi) is 4.01. The van der Waals surface area contributed by atoms with Crippen molar-refractivity contribution in [3.05, 3.63) is 22.2 Å². The van der Waals surface area contributed by atoms with Crippen LogP contribution in [0, 0.1) is 18.8 Å². The van der Waals surface area contributed by atoms with Gasteiger partial charge in [-0.3, -0.25) is 9.36 Å². The molecule has 0 aromatic carbocycles. The Labute approximate surface area is 107 Å². The molecule has 0 bridgehead atoms. The zero-order valence-electron chi connectivity index (χ0n) is 10.9. The topological polar surface area (TPSA) is 86.9 Å². The summed E-state index contributed by atoms with van der Waals surface area (Å²) >= 11 is 0. The molecule has 0 aliphatic heterocycles. The number of anilines is 1. The van der Waals surface area contributed by atoms with Crippen LogP contribution in [0.25, 0.3) is 0 Å². The van der Waals surface area contributed by atoms with Crippen molar-refractivity contribution in [1.82, 2.24) is 9.55 Å². The highest BCUT2D eigenvalue weighted by atomic mass is 16.1. The van der Waals surface area contributed by atoms with Gasteiger partial charge in [0.1, 0.15) is 5.82 Å². The Balaban J connectivity index is 2.03. The highest BCUT2D eigenvalue weighted by molar-refractivity contribution is 5.35. The van der Waals surface area contributed by atoms with Gasteiger partial charge in [-0.1, -0.05) is 0 Å². The molecule has 100 valence electrons. The van der Waals surface area contributed by atoms with E-state index in [1.54, 1.807) is 17.8 Å². The van der Waals surface area contributed by atoms with Crippen LogP contribution in [0.2, 0.25) is 0 Å². The van der Waals surface area contributed by atoms with Crippen molar-refractivity contribution in [3.63, 3.8) is 0 Å². The van der Waals surface area contributed by atoms with Crippen molar-refractivity contribution in [3.8, 4) is 0 Å². The van der Waals surface area contributed by atoms with Crippen LogP contribution < -0.4 is 17.0 Å². The molecule has 4 N–H and O–H groups in total. The van der Waals surface area contributed by atoms with Gasteiger partial charge in [0.2, 0.25) is 0 Å². The normalized spacial score (nSPS) is 24.1. The molecule has 0 saturated heterocycles. The Morgan fingerprint density at radius 3 is 2.56 bits per heavy atom. The molecule has 0 amide bonds. The highest BCUT2D eigenvalue weighted by Gasteiger charge is 2.21. The van der Waals surface area contributed by atoms with Crippen molar-refractivity contribution in [2.24, 2.45) is 17.6 Å². The average Bonchev–Trinajstić information content (AvgIpc) is 2.40. The molecule has 1 saturated carbocycles. The van der Waals surface area contributed by atoms with E-state index < -0.39 is 0 Å². The van der Waals surface area contributed by atoms with Crippen LogP contribution in [0.5, 0.6) is 0 Å². The number of hydrogen-bond donors (Lipinski definition) is 2. The van der Waals surface area contributed by atoms with Crippen LogP contribution in [0.15, 0.2) is 11.1 Å². The van der Waals surface area contributed by atoms with E-state index in [2.05, 4.69) is 4.98 Å². The van der Waals surface area contributed by atoms with Crippen LogP contribution in [-0.4, -0.2) is 16.1 Å². The van der Waals surface area contributed by atoms with E-state index in [9.17, 15) is 4.79 Å². The van der Waals surface area contributed by atoms with Crippen LogP contribution in [0.1, 0.15) is 31.2 Å². The quantitative estimate of drug-likeness (QED) is 0.834. The lowest BCUT2D eigenvalue weighted by Crippen LogP contribution is -2.29. The van der Waals surface area contributed by atoms with E-state index >= 15 is 0 Å². The van der Waals surface area contributed by atoms with Crippen molar-refractivity contribution in [2.45, 2.75) is 39.2 Å². The zero-order valence-corrected chi connectivity index (χ0v) is 10.9. The first-order valence-electron chi connectivity index (χ1n) is 6.63. The van der Waals surface area contributed by atoms with Gasteiger partial charge < -0.3 is 11.5 Å². The molecular formula is C13H22N4O. The number of nitrogens with two attached hydrogens (primary N) is 2. The summed E-state index contributed by atoms with van der Waals surface area (Å²) in [6.07, 6.45) is 6.23. The van der Waals surface area contributed by atoms with E-state index in [1.807, 2.05) is 0 Å². The van der Waals surface area contributed by atoms with Crippen molar-refractivity contribution in [1.29, 1.82) is 0 Å². The molecule has 1 aromatic heterocycles. The third-order valence-electron chi connectivity index (χ3n) is 4.06. The fraction of sp³-hybridized carbons (Fsp3) is 0.692.